The van der Waals surface area contributed by atoms with Crippen LogP contribution in [0.4, 0.5) is 0 Å². The Morgan fingerprint density at radius 1 is 1.03 bits per heavy atom. The van der Waals surface area contributed by atoms with E-state index in [-0.39, 0.29) is 11.9 Å². The van der Waals surface area contributed by atoms with Crippen molar-refractivity contribution in [1.82, 2.24) is 15.1 Å². The van der Waals surface area contributed by atoms with Crippen molar-refractivity contribution in [1.29, 1.82) is 0 Å². The number of carbonyl (C=O) groups excluding carboxylic acids is 1. The van der Waals surface area contributed by atoms with Crippen molar-refractivity contribution < 1.29 is 9.53 Å². The summed E-state index contributed by atoms with van der Waals surface area (Å²) in [4.78, 5) is 13.3. The summed E-state index contributed by atoms with van der Waals surface area (Å²) in [5.74, 6) is 0.525. The van der Waals surface area contributed by atoms with Crippen LogP contribution in [0.3, 0.4) is 0 Å². The van der Waals surface area contributed by atoms with Crippen molar-refractivity contribution in [2.75, 3.05) is 7.11 Å². The van der Waals surface area contributed by atoms with Crippen LogP contribution < -0.4 is 10.1 Å². The zero-order chi connectivity index (χ0) is 23.2. The number of benzene rings is 3. The summed E-state index contributed by atoms with van der Waals surface area (Å²) in [6.07, 6.45) is 1.72. The zero-order valence-corrected chi connectivity index (χ0v) is 19.4. The molecule has 6 heteroatoms. The Kier molecular flexibility index (Phi) is 7.10. The number of methoxy groups -OCH3 is 1. The van der Waals surface area contributed by atoms with Crippen molar-refractivity contribution in [3.63, 3.8) is 0 Å². The molecule has 0 saturated heterocycles. The van der Waals surface area contributed by atoms with Crippen molar-refractivity contribution in [3.05, 3.63) is 101 Å². The summed E-state index contributed by atoms with van der Waals surface area (Å²) >= 11 is 6.45. The number of hydrogen-bond donors (Lipinski definition) is 1. The van der Waals surface area contributed by atoms with E-state index in [4.69, 9.17) is 21.4 Å². The quantitative estimate of drug-likeness (QED) is 0.354. The van der Waals surface area contributed by atoms with Gasteiger partial charge in [0, 0.05) is 11.6 Å². The molecule has 4 aromatic rings. The molecule has 4 rings (SSSR count). The number of halogens is 1. The van der Waals surface area contributed by atoms with Crippen LogP contribution in [0.15, 0.2) is 84.9 Å². The second-order valence-electron chi connectivity index (χ2n) is 7.91. The van der Waals surface area contributed by atoms with E-state index < -0.39 is 0 Å². The molecule has 1 amide bonds. The lowest BCUT2D eigenvalue weighted by Gasteiger charge is -2.15. The van der Waals surface area contributed by atoms with E-state index in [1.54, 1.807) is 23.9 Å². The summed E-state index contributed by atoms with van der Waals surface area (Å²) < 4.78 is 6.95. The fraction of sp³-hybridized carbons (Fsp3) is 0.185. The van der Waals surface area contributed by atoms with Crippen molar-refractivity contribution in [2.24, 2.45) is 0 Å². The van der Waals surface area contributed by atoms with E-state index in [1.165, 1.54) is 5.56 Å². The molecule has 0 aliphatic rings. The minimum atomic E-state index is -0.197. The Morgan fingerprint density at radius 3 is 2.55 bits per heavy atom. The lowest BCUT2D eigenvalue weighted by Crippen LogP contribution is -2.34. The molecule has 1 N–H and O–H groups in total. The van der Waals surface area contributed by atoms with Crippen LogP contribution in [-0.4, -0.2) is 28.8 Å². The number of ether oxygens (including phenoxy) is 1. The molecule has 0 aliphatic heterocycles. The van der Waals surface area contributed by atoms with Gasteiger partial charge in [0.1, 0.15) is 11.4 Å². The number of aryl methyl sites for hydroxylation is 1. The van der Waals surface area contributed by atoms with Gasteiger partial charge in [-0.25, -0.2) is 4.68 Å². The number of amides is 1. The maximum atomic E-state index is 13.3. The van der Waals surface area contributed by atoms with Gasteiger partial charge >= 0.3 is 0 Å². The smallest absolute Gasteiger partial charge is 0.270 e. The van der Waals surface area contributed by atoms with E-state index in [1.807, 2.05) is 67.6 Å². The Bertz CT molecular complexity index is 1240. The molecular weight excluding hydrogens is 434 g/mol. The first-order chi connectivity index (χ1) is 16.0. The Labute approximate surface area is 199 Å². The van der Waals surface area contributed by atoms with Gasteiger partial charge in [0.25, 0.3) is 5.91 Å². The third kappa shape index (κ3) is 5.44. The predicted octanol–water partition coefficient (Wildman–Crippen LogP) is 5.95. The van der Waals surface area contributed by atoms with Crippen molar-refractivity contribution >= 4 is 17.5 Å². The van der Waals surface area contributed by atoms with Gasteiger partial charge in [-0.2, -0.15) is 5.10 Å². The summed E-state index contributed by atoms with van der Waals surface area (Å²) in [5.41, 5.74) is 3.84. The Balaban J connectivity index is 1.62. The zero-order valence-electron chi connectivity index (χ0n) is 18.7. The fourth-order valence-corrected chi connectivity index (χ4v) is 3.89. The highest BCUT2D eigenvalue weighted by Gasteiger charge is 2.20. The lowest BCUT2D eigenvalue weighted by atomic mass is 10.1. The van der Waals surface area contributed by atoms with Gasteiger partial charge < -0.3 is 10.1 Å². The Hall–Kier alpha value is -3.57. The molecule has 168 valence electrons. The molecule has 1 aromatic heterocycles. The van der Waals surface area contributed by atoms with Gasteiger partial charge in [0.05, 0.1) is 23.5 Å². The monoisotopic (exact) mass is 459 g/mol. The van der Waals surface area contributed by atoms with Gasteiger partial charge in [-0.1, -0.05) is 66.2 Å². The number of carbonyl (C=O) groups is 1. The number of hydrogen-bond acceptors (Lipinski definition) is 3. The molecule has 0 fully saturated rings. The van der Waals surface area contributed by atoms with E-state index in [0.29, 0.717) is 22.1 Å². The van der Waals surface area contributed by atoms with E-state index >= 15 is 0 Å². The average molecular weight is 460 g/mol. The molecule has 5 nitrogen and oxygen atoms in total. The van der Waals surface area contributed by atoms with Gasteiger partial charge in [0.15, 0.2) is 0 Å². The summed E-state index contributed by atoms with van der Waals surface area (Å²) in [6.45, 7) is 2.01. The molecule has 0 aliphatic carbocycles. The average Bonchev–Trinajstić information content (AvgIpc) is 3.29. The van der Waals surface area contributed by atoms with Gasteiger partial charge in [-0.05, 0) is 55.7 Å². The number of para-hydroxylation sites is 1. The largest absolute Gasteiger partial charge is 0.497 e. The lowest BCUT2D eigenvalue weighted by molar-refractivity contribution is 0.0930. The third-order valence-corrected chi connectivity index (χ3v) is 5.79. The molecule has 1 atom stereocenters. The predicted molar refractivity (Wildman–Crippen MR) is 132 cm³/mol. The van der Waals surface area contributed by atoms with Crippen molar-refractivity contribution in [3.8, 4) is 22.7 Å². The molecule has 0 spiro atoms. The highest BCUT2D eigenvalue weighted by Crippen LogP contribution is 2.27. The van der Waals surface area contributed by atoms with Gasteiger partial charge in [0.2, 0.25) is 0 Å². The molecule has 0 bridgehead atoms. The highest BCUT2D eigenvalue weighted by molar-refractivity contribution is 6.32. The summed E-state index contributed by atoms with van der Waals surface area (Å²) in [6, 6.07) is 27.0. The molecular formula is C27H26ClN3O2. The number of rotatable bonds is 8. The first-order valence-electron chi connectivity index (χ1n) is 10.9. The first-order valence-corrected chi connectivity index (χ1v) is 11.3. The van der Waals surface area contributed by atoms with Gasteiger partial charge in [-0.3, -0.25) is 4.79 Å². The number of aromatic nitrogens is 2. The minimum Gasteiger partial charge on any atom is -0.497 e. The molecule has 0 saturated carbocycles. The van der Waals surface area contributed by atoms with E-state index in [2.05, 4.69) is 17.4 Å². The highest BCUT2D eigenvalue weighted by atomic mass is 35.5. The van der Waals surface area contributed by atoms with E-state index in [0.717, 1.165) is 24.2 Å². The van der Waals surface area contributed by atoms with Crippen LogP contribution >= 0.6 is 11.6 Å². The molecule has 0 radical (unpaired) electrons. The second kappa shape index (κ2) is 10.4. The van der Waals surface area contributed by atoms with E-state index in [9.17, 15) is 4.79 Å². The van der Waals surface area contributed by atoms with Crippen molar-refractivity contribution in [2.45, 2.75) is 25.8 Å². The Morgan fingerprint density at radius 2 is 1.79 bits per heavy atom. The molecule has 33 heavy (non-hydrogen) atoms. The first kappa shape index (κ1) is 22.6. The van der Waals surface area contributed by atoms with Crippen LogP contribution in [0, 0.1) is 0 Å². The summed E-state index contributed by atoms with van der Waals surface area (Å²) in [5, 5.41) is 8.36. The third-order valence-electron chi connectivity index (χ3n) is 5.47. The summed E-state index contributed by atoms with van der Waals surface area (Å²) in [7, 11) is 1.62. The minimum absolute atomic E-state index is 0.00688. The standard InChI is InChI=1S/C27H26ClN3O2/c1-19(15-16-20-9-4-3-5-10-20)29-27(32)26-18-24(21-11-8-12-22(17-21)33-2)30-31(26)25-14-7-6-13-23(25)28/h3-14,17-19H,15-16H2,1-2H3,(H,29,32). The SMILES string of the molecule is COc1cccc(-c2cc(C(=O)NC(C)CCc3ccccc3)n(-c3ccccc3Cl)n2)c1. The number of nitrogens with one attached hydrogen (secondary N) is 1. The number of nitrogens with zero attached hydrogens (tertiary/aromatic N) is 2. The topological polar surface area (TPSA) is 56.1 Å². The molecule has 1 heterocycles. The van der Waals surface area contributed by atoms with Crippen LogP contribution in [0.5, 0.6) is 5.75 Å². The second-order valence-corrected chi connectivity index (χ2v) is 8.32. The van der Waals surface area contributed by atoms with Gasteiger partial charge in [-0.15, -0.1) is 0 Å². The molecule has 1 unspecified atom stereocenters. The van der Waals surface area contributed by atoms with Crippen LogP contribution in [0.2, 0.25) is 5.02 Å². The normalized spacial score (nSPS) is 11.7. The maximum Gasteiger partial charge on any atom is 0.270 e. The van der Waals surface area contributed by atoms with Crippen LogP contribution in [0.1, 0.15) is 29.4 Å². The fourth-order valence-electron chi connectivity index (χ4n) is 3.67. The molecule has 3 aromatic carbocycles. The van der Waals surface area contributed by atoms with Crippen LogP contribution in [0.25, 0.3) is 16.9 Å². The van der Waals surface area contributed by atoms with Crippen LogP contribution in [-0.2, 0) is 6.42 Å². The maximum absolute atomic E-state index is 13.3.